The van der Waals surface area contributed by atoms with Gasteiger partial charge in [0.2, 0.25) is 5.91 Å². The number of hydrogen-bond acceptors (Lipinski definition) is 3. The molecule has 0 bridgehead atoms. The number of benzene rings is 2. The molecule has 0 aromatic heterocycles. The topological polar surface area (TPSA) is 38.3 Å². The SMILES string of the molecule is CCOc1ccc(NC(=O)[C@H](CC)Sc2ccc(Cl)cc2)cc1. The molecule has 122 valence electrons. The summed E-state index contributed by atoms with van der Waals surface area (Å²) in [6.45, 7) is 4.57. The third kappa shape index (κ3) is 5.48. The van der Waals surface area contributed by atoms with E-state index in [9.17, 15) is 4.79 Å². The Morgan fingerprint density at radius 2 is 1.78 bits per heavy atom. The van der Waals surface area contributed by atoms with Crippen molar-refractivity contribution in [2.75, 3.05) is 11.9 Å². The summed E-state index contributed by atoms with van der Waals surface area (Å²) < 4.78 is 5.40. The molecule has 0 saturated heterocycles. The molecule has 0 radical (unpaired) electrons. The first kappa shape index (κ1) is 17.7. The van der Waals surface area contributed by atoms with Gasteiger partial charge in [0.15, 0.2) is 0 Å². The van der Waals surface area contributed by atoms with Gasteiger partial charge in [0.25, 0.3) is 0 Å². The van der Waals surface area contributed by atoms with Gasteiger partial charge in [-0.1, -0.05) is 18.5 Å². The van der Waals surface area contributed by atoms with E-state index in [4.69, 9.17) is 16.3 Å². The van der Waals surface area contributed by atoms with E-state index in [2.05, 4.69) is 5.32 Å². The smallest absolute Gasteiger partial charge is 0.237 e. The van der Waals surface area contributed by atoms with E-state index in [1.165, 1.54) is 0 Å². The Balaban J connectivity index is 1.97. The molecule has 1 amide bonds. The highest BCUT2D eigenvalue weighted by molar-refractivity contribution is 8.00. The Morgan fingerprint density at radius 3 is 2.35 bits per heavy atom. The Hall–Kier alpha value is -1.65. The number of rotatable bonds is 7. The molecule has 0 aliphatic carbocycles. The van der Waals surface area contributed by atoms with Crippen molar-refractivity contribution in [2.24, 2.45) is 0 Å². The maximum atomic E-state index is 12.4. The van der Waals surface area contributed by atoms with Crippen molar-refractivity contribution in [3.8, 4) is 5.75 Å². The predicted octanol–water partition coefficient (Wildman–Crippen LogP) is 5.25. The molecule has 0 heterocycles. The van der Waals surface area contributed by atoms with Crippen molar-refractivity contribution in [3.63, 3.8) is 0 Å². The third-order valence-corrected chi connectivity index (χ3v) is 4.82. The van der Waals surface area contributed by atoms with Crippen molar-refractivity contribution in [2.45, 2.75) is 30.4 Å². The van der Waals surface area contributed by atoms with Gasteiger partial charge in [-0.25, -0.2) is 0 Å². The zero-order chi connectivity index (χ0) is 16.7. The fourth-order valence-electron chi connectivity index (χ4n) is 2.02. The van der Waals surface area contributed by atoms with E-state index in [0.29, 0.717) is 11.6 Å². The molecule has 2 aromatic rings. The van der Waals surface area contributed by atoms with Gasteiger partial charge in [-0.05, 0) is 61.9 Å². The zero-order valence-electron chi connectivity index (χ0n) is 13.2. The van der Waals surface area contributed by atoms with Crippen LogP contribution in [0.4, 0.5) is 5.69 Å². The van der Waals surface area contributed by atoms with Crippen LogP contribution in [0.3, 0.4) is 0 Å². The largest absolute Gasteiger partial charge is 0.494 e. The average Bonchev–Trinajstić information content (AvgIpc) is 2.56. The Kier molecular flexibility index (Phi) is 6.81. The summed E-state index contributed by atoms with van der Waals surface area (Å²) in [5, 5.41) is 3.50. The minimum Gasteiger partial charge on any atom is -0.494 e. The van der Waals surface area contributed by atoms with E-state index in [1.807, 2.05) is 62.4 Å². The Morgan fingerprint density at radius 1 is 1.13 bits per heavy atom. The molecule has 23 heavy (non-hydrogen) atoms. The molecule has 0 fully saturated rings. The molecular formula is C18H20ClNO2S. The van der Waals surface area contributed by atoms with Gasteiger partial charge in [0.05, 0.1) is 11.9 Å². The first-order valence-electron chi connectivity index (χ1n) is 7.58. The van der Waals surface area contributed by atoms with E-state index < -0.39 is 0 Å². The quantitative estimate of drug-likeness (QED) is 0.694. The van der Waals surface area contributed by atoms with Crippen LogP contribution in [0.5, 0.6) is 5.75 Å². The van der Waals surface area contributed by atoms with Gasteiger partial charge in [-0.3, -0.25) is 4.79 Å². The molecule has 0 saturated carbocycles. The molecule has 0 aliphatic rings. The molecule has 0 spiro atoms. The van der Waals surface area contributed by atoms with Crippen LogP contribution in [0.25, 0.3) is 0 Å². The maximum absolute atomic E-state index is 12.4. The summed E-state index contributed by atoms with van der Waals surface area (Å²) in [6.07, 6.45) is 0.746. The van der Waals surface area contributed by atoms with Crippen LogP contribution in [0.1, 0.15) is 20.3 Å². The van der Waals surface area contributed by atoms with Crippen LogP contribution < -0.4 is 10.1 Å². The van der Waals surface area contributed by atoms with Crippen molar-refractivity contribution in [1.82, 2.24) is 0 Å². The molecule has 2 aromatic carbocycles. The molecule has 1 N–H and O–H groups in total. The van der Waals surface area contributed by atoms with E-state index >= 15 is 0 Å². The number of amides is 1. The fraction of sp³-hybridized carbons (Fsp3) is 0.278. The van der Waals surface area contributed by atoms with Crippen LogP contribution in [0.15, 0.2) is 53.4 Å². The van der Waals surface area contributed by atoms with Crippen LogP contribution in [0, 0.1) is 0 Å². The fourth-order valence-corrected chi connectivity index (χ4v) is 3.10. The monoisotopic (exact) mass is 349 g/mol. The van der Waals surface area contributed by atoms with Crippen molar-refractivity contribution in [1.29, 1.82) is 0 Å². The van der Waals surface area contributed by atoms with Crippen LogP contribution in [0.2, 0.25) is 5.02 Å². The van der Waals surface area contributed by atoms with Gasteiger partial charge in [0.1, 0.15) is 5.75 Å². The lowest BCUT2D eigenvalue weighted by Gasteiger charge is -2.15. The highest BCUT2D eigenvalue weighted by atomic mass is 35.5. The molecule has 0 unspecified atom stereocenters. The molecule has 2 rings (SSSR count). The summed E-state index contributed by atoms with van der Waals surface area (Å²) in [7, 11) is 0. The maximum Gasteiger partial charge on any atom is 0.237 e. The van der Waals surface area contributed by atoms with Crippen molar-refractivity contribution >= 4 is 35.0 Å². The number of hydrogen-bond donors (Lipinski definition) is 1. The number of nitrogens with one attached hydrogen (secondary N) is 1. The van der Waals surface area contributed by atoms with Gasteiger partial charge < -0.3 is 10.1 Å². The number of halogens is 1. The van der Waals surface area contributed by atoms with Crippen molar-refractivity contribution in [3.05, 3.63) is 53.6 Å². The lowest BCUT2D eigenvalue weighted by atomic mass is 10.2. The Bertz CT molecular complexity index is 628. The normalized spacial score (nSPS) is 11.8. The predicted molar refractivity (Wildman–Crippen MR) is 97.6 cm³/mol. The average molecular weight is 350 g/mol. The number of carbonyl (C=O) groups is 1. The standard InChI is InChI=1S/C18H20ClNO2S/c1-3-17(23-16-11-5-13(19)6-12-16)18(21)20-14-7-9-15(10-8-14)22-4-2/h5-12,17H,3-4H2,1-2H3,(H,20,21)/t17-/m0/s1. The lowest BCUT2D eigenvalue weighted by molar-refractivity contribution is -0.115. The molecular weight excluding hydrogens is 330 g/mol. The number of ether oxygens (including phenoxy) is 1. The van der Waals surface area contributed by atoms with Crippen LogP contribution in [-0.4, -0.2) is 17.8 Å². The molecule has 3 nitrogen and oxygen atoms in total. The zero-order valence-corrected chi connectivity index (χ0v) is 14.8. The summed E-state index contributed by atoms with van der Waals surface area (Å²) >= 11 is 7.43. The van der Waals surface area contributed by atoms with Gasteiger partial charge >= 0.3 is 0 Å². The summed E-state index contributed by atoms with van der Waals surface area (Å²) in [4.78, 5) is 13.5. The summed E-state index contributed by atoms with van der Waals surface area (Å²) in [5.74, 6) is 0.796. The summed E-state index contributed by atoms with van der Waals surface area (Å²) in [6, 6.07) is 14.9. The van der Waals surface area contributed by atoms with E-state index in [1.54, 1.807) is 11.8 Å². The first-order chi connectivity index (χ1) is 11.1. The van der Waals surface area contributed by atoms with Gasteiger partial charge in [-0.2, -0.15) is 0 Å². The number of thioether (sulfide) groups is 1. The minimum absolute atomic E-state index is 0.00314. The highest BCUT2D eigenvalue weighted by Crippen LogP contribution is 2.27. The van der Waals surface area contributed by atoms with Gasteiger partial charge in [-0.15, -0.1) is 11.8 Å². The van der Waals surface area contributed by atoms with Gasteiger partial charge in [0, 0.05) is 15.6 Å². The second kappa shape index (κ2) is 8.85. The molecule has 1 atom stereocenters. The number of anilines is 1. The number of carbonyl (C=O) groups excluding carboxylic acids is 1. The van der Waals surface area contributed by atoms with E-state index in [-0.39, 0.29) is 11.2 Å². The molecule has 0 aliphatic heterocycles. The highest BCUT2D eigenvalue weighted by Gasteiger charge is 2.18. The van der Waals surface area contributed by atoms with Crippen LogP contribution >= 0.6 is 23.4 Å². The van der Waals surface area contributed by atoms with E-state index in [0.717, 1.165) is 22.8 Å². The minimum atomic E-state index is -0.150. The van der Waals surface area contributed by atoms with Crippen LogP contribution in [-0.2, 0) is 4.79 Å². The second-order valence-corrected chi connectivity index (χ2v) is 6.63. The second-order valence-electron chi connectivity index (χ2n) is 4.92. The van der Waals surface area contributed by atoms with Crippen molar-refractivity contribution < 1.29 is 9.53 Å². The third-order valence-electron chi connectivity index (χ3n) is 3.19. The first-order valence-corrected chi connectivity index (χ1v) is 8.84. The lowest BCUT2D eigenvalue weighted by Crippen LogP contribution is -2.24. The Labute approximate surface area is 146 Å². The summed E-state index contributed by atoms with van der Waals surface area (Å²) in [5.41, 5.74) is 0.772. The molecule has 5 heteroatoms.